The summed E-state index contributed by atoms with van der Waals surface area (Å²) >= 11 is 0. The van der Waals surface area contributed by atoms with E-state index in [1.165, 1.54) is 24.2 Å². The number of likely N-dealkylation sites (tertiary alicyclic amines) is 1. The summed E-state index contributed by atoms with van der Waals surface area (Å²) in [6.45, 7) is 8.56. The summed E-state index contributed by atoms with van der Waals surface area (Å²) in [5.74, 6) is 0. The van der Waals surface area contributed by atoms with Gasteiger partial charge in [0.2, 0.25) is 0 Å². The van der Waals surface area contributed by atoms with Crippen LogP contribution in [0.2, 0.25) is 0 Å². The molecule has 3 nitrogen and oxygen atoms in total. The SMILES string of the molecule is CCN1CCCC(CN)(Nc2ccc(C)cc2)CC1. The largest absolute Gasteiger partial charge is 0.378 e. The third kappa shape index (κ3) is 3.71. The molecule has 106 valence electrons. The molecule has 3 N–H and O–H groups in total. The smallest absolute Gasteiger partial charge is 0.0508 e. The van der Waals surface area contributed by atoms with E-state index < -0.39 is 0 Å². The van der Waals surface area contributed by atoms with Crippen LogP contribution in [0.1, 0.15) is 31.7 Å². The van der Waals surface area contributed by atoms with Gasteiger partial charge in [-0.3, -0.25) is 0 Å². The number of benzene rings is 1. The maximum Gasteiger partial charge on any atom is 0.0508 e. The van der Waals surface area contributed by atoms with Gasteiger partial charge in [0.05, 0.1) is 5.54 Å². The van der Waals surface area contributed by atoms with Crippen LogP contribution in [0.25, 0.3) is 0 Å². The van der Waals surface area contributed by atoms with Crippen molar-refractivity contribution in [3.8, 4) is 0 Å². The van der Waals surface area contributed by atoms with Crippen LogP contribution in [0.4, 0.5) is 5.69 Å². The number of nitrogens with zero attached hydrogens (tertiary/aromatic N) is 1. The first kappa shape index (κ1) is 14.4. The Kier molecular flexibility index (Phi) is 4.83. The standard InChI is InChI=1S/C16H27N3/c1-3-19-11-4-9-16(13-17,10-12-19)18-15-7-5-14(2)6-8-15/h5-8,18H,3-4,9-13,17H2,1-2H3. The molecule has 0 amide bonds. The molecule has 1 aromatic carbocycles. The second-order valence-electron chi connectivity index (χ2n) is 5.76. The van der Waals surface area contributed by atoms with Gasteiger partial charge in [-0.1, -0.05) is 24.6 Å². The van der Waals surface area contributed by atoms with Crippen molar-refractivity contribution in [3.63, 3.8) is 0 Å². The number of hydrogen-bond acceptors (Lipinski definition) is 3. The number of nitrogens with two attached hydrogens (primary N) is 1. The highest BCUT2D eigenvalue weighted by Gasteiger charge is 2.30. The van der Waals surface area contributed by atoms with Crippen LogP contribution >= 0.6 is 0 Å². The van der Waals surface area contributed by atoms with Gasteiger partial charge in [-0.2, -0.15) is 0 Å². The fraction of sp³-hybridized carbons (Fsp3) is 0.625. The molecule has 1 aliphatic heterocycles. The molecule has 1 heterocycles. The third-order valence-corrected chi connectivity index (χ3v) is 4.34. The first-order chi connectivity index (χ1) is 9.17. The predicted octanol–water partition coefficient (Wildman–Crippen LogP) is 2.61. The molecule has 19 heavy (non-hydrogen) atoms. The lowest BCUT2D eigenvalue weighted by molar-refractivity contribution is 0.293. The van der Waals surface area contributed by atoms with Gasteiger partial charge in [0.15, 0.2) is 0 Å². The third-order valence-electron chi connectivity index (χ3n) is 4.34. The molecule has 0 radical (unpaired) electrons. The van der Waals surface area contributed by atoms with Crippen molar-refractivity contribution in [1.29, 1.82) is 0 Å². The number of aryl methyl sites for hydroxylation is 1. The number of nitrogens with one attached hydrogen (secondary N) is 1. The van der Waals surface area contributed by atoms with Gasteiger partial charge >= 0.3 is 0 Å². The van der Waals surface area contributed by atoms with E-state index in [-0.39, 0.29) is 5.54 Å². The molecule has 0 bridgehead atoms. The van der Waals surface area contributed by atoms with Crippen LogP contribution < -0.4 is 11.1 Å². The first-order valence-corrected chi connectivity index (χ1v) is 7.45. The van der Waals surface area contributed by atoms with E-state index in [2.05, 4.69) is 48.3 Å². The zero-order chi connectivity index (χ0) is 13.7. The van der Waals surface area contributed by atoms with Gasteiger partial charge in [-0.05, 0) is 51.4 Å². The monoisotopic (exact) mass is 261 g/mol. The molecule has 1 unspecified atom stereocenters. The van der Waals surface area contributed by atoms with Crippen LogP contribution in [0.15, 0.2) is 24.3 Å². The minimum atomic E-state index is 0.0686. The van der Waals surface area contributed by atoms with Crippen molar-refractivity contribution in [2.45, 2.75) is 38.6 Å². The van der Waals surface area contributed by atoms with E-state index in [1.54, 1.807) is 0 Å². The fourth-order valence-electron chi connectivity index (χ4n) is 2.89. The van der Waals surface area contributed by atoms with Crippen LogP contribution in [0, 0.1) is 6.92 Å². The lowest BCUT2D eigenvalue weighted by atomic mass is 9.90. The minimum Gasteiger partial charge on any atom is -0.378 e. The highest BCUT2D eigenvalue weighted by Crippen LogP contribution is 2.26. The zero-order valence-electron chi connectivity index (χ0n) is 12.3. The van der Waals surface area contributed by atoms with E-state index in [1.807, 2.05) is 0 Å². The van der Waals surface area contributed by atoms with Gasteiger partial charge < -0.3 is 16.0 Å². The first-order valence-electron chi connectivity index (χ1n) is 7.45. The van der Waals surface area contributed by atoms with Crippen molar-refractivity contribution in [2.24, 2.45) is 5.73 Å². The fourth-order valence-corrected chi connectivity index (χ4v) is 2.89. The zero-order valence-corrected chi connectivity index (χ0v) is 12.3. The lowest BCUT2D eigenvalue weighted by Gasteiger charge is -2.34. The van der Waals surface area contributed by atoms with E-state index in [9.17, 15) is 0 Å². The molecule has 0 aromatic heterocycles. The van der Waals surface area contributed by atoms with Gasteiger partial charge in [-0.25, -0.2) is 0 Å². The van der Waals surface area contributed by atoms with Crippen LogP contribution in [0.3, 0.4) is 0 Å². The summed E-state index contributed by atoms with van der Waals surface area (Å²) in [7, 11) is 0. The minimum absolute atomic E-state index is 0.0686. The Morgan fingerprint density at radius 2 is 1.95 bits per heavy atom. The summed E-state index contributed by atoms with van der Waals surface area (Å²) in [6.07, 6.45) is 3.52. The average Bonchev–Trinajstić information content (AvgIpc) is 2.64. The highest BCUT2D eigenvalue weighted by molar-refractivity contribution is 5.47. The molecular weight excluding hydrogens is 234 g/mol. The summed E-state index contributed by atoms with van der Waals surface area (Å²) in [4.78, 5) is 2.52. The van der Waals surface area contributed by atoms with Crippen LogP contribution in [0.5, 0.6) is 0 Å². The molecular formula is C16H27N3. The van der Waals surface area contributed by atoms with Crippen molar-refractivity contribution in [1.82, 2.24) is 4.90 Å². The Labute approximate surface area is 117 Å². The average molecular weight is 261 g/mol. The number of hydrogen-bond donors (Lipinski definition) is 2. The number of anilines is 1. The Morgan fingerprint density at radius 1 is 1.21 bits per heavy atom. The Hall–Kier alpha value is -1.06. The molecule has 0 saturated carbocycles. The van der Waals surface area contributed by atoms with E-state index in [0.717, 1.165) is 25.9 Å². The van der Waals surface area contributed by atoms with E-state index >= 15 is 0 Å². The van der Waals surface area contributed by atoms with Crippen molar-refractivity contribution < 1.29 is 0 Å². The van der Waals surface area contributed by atoms with Crippen molar-refractivity contribution in [3.05, 3.63) is 29.8 Å². The lowest BCUT2D eigenvalue weighted by Crippen LogP contribution is -2.46. The van der Waals surface area contributed by atoms with E-state index in [0.29, 0.717) is 6.54 Å². The van der Waals surface area contributed by atoms with Crippen LogP contribution in [-0.4, -0.2) is 36.6 Å². The van der Waals surface area contributed by atoms with Crippen molar-refractivity contribution in [2.75, 3.05) is 31.5 Å². The molecule has 2 rings (SSSR count). The Morgan fingerprint density at radius 3 is 2.58 bits per heavy atom. The van der Waals surface area contributed by atoms with Gasteiger partial charge in [-0.15, -0.1) is 0 Å². The molecule has 1 saturated heterocycles. The Bertz CT molecular complexity index is 387. The topological polar surface area (TPSA) is 41.3 Å². The molecule has 1 fully saturated rings. The summed E-state index contributed by atoms with van der Waals surface area (Å²) in [6, 6.07) is 8.63. The molecule has 1 aromatic rings. The molecule has 0 spiro atoms. The van der Waals surface area contributed by atoms with Gasteiger partial charge in [0.25, 0.3) is 0 Å². The van der Waals surface area contributed by atoms with E-state index in [4.69, 9.17) is 5.73 Å². The summed E-state index contributed by atoms with van der Waals surface area (Å²) in [5.41, 5.74) is 8.65. The molecule has 1 atom stereocenters. The number of rotatable bonds is 4. The molecule has 3 heteroatoms. The molecule has 1 aliphatic rings. The van der Waals surface area contributed by atoms with Crippen LogP contribution in [-0.2, 0) is 0 Å². The van der Waals surface area contributed by atoms with Gasteiger partial charge in [0, 0.05) is 18.8 Å². The highest BCUT2D eigenvalue weighted by atomic mass is 15.1. The van der Waals surface area contributed by atoms with Crippen molar-refractivity contribution >= 4 is 5.69 Å². The predicted molar refractivity (Wildman–Crippen MR) is 82.6 cm³/mol. The maximum atomic E-state index is 6.09. The van der Waals surface area contributed by atoms with Gasteiger partial charge in [0.1, 0.15) is 0 Å². The quantitative estimate of drug-likeness (QED) is 0.875. The Balaban J connectivity index is 2.07. The maximum absolute atomic E-state index is 6.09. The normalized spacial score (nSPS) is 25.0. The second-order valence-corrected chi connectivity index (χ2v) is 5.76. The second kappa shape index (κ2) is 6.40. The summed E-state index contributed by atoms with van der Waals surface area (Å²) < 4.78 is 0. The summed E-state index contributed by atoms with van der Waals surface area (Å²) in [5, 5.41) is 3.70. The molecule has 0 aliphatic carbocycles.